The first-order valence-electron chi connectivity index (χ1n) is 4.96. The van der Waals surface area contributed by atoms with Crippen LogP contribution in [0.1, 0.15) is 10.5 Å². The molecule has 0 atom stereocenters. The number of aryl methyl sites for hydroxylation is 1. The first-order valence-corrected chi connectivity index (χ1v) is 4.96. The van der Waals surface area contributed by atoms with Gasteiger partial charge in [0, 0.05) is 13.2 Å². The molecule has 1 heterocycles. The number of amides is 3. The minimum absolute atomic E-state index is 0.0556. The smallest absolute Gasteiger partial charge is 0.277 e. The van der Waals surface area contributed by atoms with Gasteiger partial charge in [-0.2, -0.15) is 5.10 Å². The summed E-state index contributed by atoms with van der Waals surface area (Å²) in [6, 6.07) is 0. The van der Waals surface area contributed by atoms with Crippen molar-refractivity contribution in [2.75, 3.05) is 18.8 Å². The number of carbonyl (C=O) groups is 3. The van der Waals surface area contributed by atoms with Gasteiger partial charge in [-0.25, -0.2) is 0 Å². The summed E-state index contributed by atoms with van der Waals surface area (Å²) < 4.78 is 1.34. The molecule has 0 unspecified atom stereocenters. The van der Waals surface area contributed by atoms with E-state index >= 15 is 0 Å². The van der Waals surface area contributed by atoms with E-state index in [1.165, 1.54) is 10.9 Å². The number of nitrogens with two attached hydrogens (primary N) is 3. The summed E-state index contributed by atoms with van der Waals surface area (Å²) in [7, 11) is 1.58. The van der Waals surface area contributed by atoms with Crippen LogP contribution in [0, 0.1) is 0 Å². The van der Waals surface area contributed by atoms with Crippen molar-refractivity contribution < 1.29 is 14.4 Å². The van der Waals surface area contributed by atoms with Crippen LogP contribution >= 0.6 is 0 Å². The van der Waals surface area contributed by atoms with Gasteiger partial charge in [-0.3, -0.25) is 19.1 Å². The van der Waals surface area contributed by atoms with Crippen LogP contribution in [0.15, 0.2) is 6.20 Å². The minimum atomic E-state index is -0.765. The standard InChI is InChI=1S/C9H14N6O3/c1-14-2-5(10)8(13-14)9(18)15(3-6(11)16)4-7(12)17/h2H,3-4,10H2,1H3,(H2,11,16)(H2,12,17). The van der Waals surface area contributed by atoms with Gasteiger partial charge in [0.05, 0.1) is 5.69 Å². The highest BCUT2D eigenvalue weighted by Crippen LogP contribution is 2.11. The van der Waals surface area contributed by atoms with Crippen LogP contribution in [0.3, 0.4) is 0 Å². The Labute approximate surface area is 102 Å². The molecule has 9 nitrogen and oxygen atoms in total. The third-order valence-electron chi connectivity index (χ3n) is 2.04. The summed E-state index contributed by atoms with van der Waals surface area (Å²) in [6.45, 7) is -0.866. The van der Waals surface area contributed by atoms with Crippen molar-refractivity contribution in [3.05, 3.63) is 11.9 Å². The molecule has 0 saturated carbocycles. The molecule has 18 heavy (non-hydrogen) atoms. The Morgan fingerprint density at radius 3 is 2.11 bits per heavy atom. The predicted octanol–water partition coefficient (Wildman–Crippen LogP) is -2.58. The van der Waals surface area contributed by atoms with Crippen molar-refractivity contribution in [3.8, 4) is 0 Å². The lowest BCUT2D eigenvalue weighted by atomic mass is 10.3. The highest BCUT2D eigenvalue weighted by molar-refractivity contribution is 6.00. The fourth-order valence-corrected chi connectivity index (χ4v) is 1.40. The maximum atomic E-state index is 12.0. The summed E-state index contributed by atoms with van der Waals surface area (Å²) >= 11 is 0. The lowest BCUT2D eigenvalue weighted by molar-refractivity contribution is -0.121. The van der Waals surface area contributed by atoms with Crippen molar-refractivity contribution in [2.45, 2.75) is 0 Å². The first-order chi connectivity index (χ1) is 8.31. The Bertz CT molecular complexity index is 478. The molecule has 3 amide bonds. The van der Waals surface area contributed by atoms with E-state index in [1.807, 2.05) is 0 Å². The second-order valence-corrected chi connectivity index (χ2v) is 3.70. The lowest BCUT2D eigenvalue weighted by Gasteiger charge is -2.18. The van der Waals surface area contributed by atoms with E-state index in [9.17, 15) is 14.4 Å². The summed E-state index contributed by atoms with van der Waals surface area (Å²) in [6.07, 6.45) is 1.43. The van der Waals surface area contributed by atoms with Crippen LogP contribution in [0.25, 0.3) is 0 Å². The molecule has 1 aromatic heterocycles. The molecule has 98 valence electrons. The fourth-order valence-electron chi connectivity index (χ4n) is 1.40. The second kappa shape index (κ2) is 5.17. The van der Waals surface area contributed by atoms with Gasteiger partial charge in [0.2, 0.25) is 11.8 Å². The Balaban J connectivity index is 2.97. The summed E-state index contributed by atoms with van der Waals surface area (Å²) in [5, 5.41) is 3.84. The quantitative estimate of drug-likeness (QED) is 0.527. The zero-order valence-corrected chi connectivity index (χ0v) is 9.79. The Morgan fingerprint density at radius 2 is 1.78 bits per heavy atom. The molecule has 0 aliphatic rings. The maximum absolute atomic E-state index is 12.0. The molecule has 1 rings (SSSR count). The van der Waals surface area contributed by atoms with Gasteiger partial charge in [0.15, 0.2) is 5.69 Å². The monoisotopic (exact) mass is 254 g/mol. The third kappa shape index (κ3) is 3.20. The van der Waals surface area contributed by atoms with Crippen molar-refractivity contribution in [1.82, 2.24) is 14.7 Å². The number of nitrogens with zero attached hydrogens (tertiary/aromatic N) is 3. The van der Waals surface area contributed by atoms with E-state index in [2.05, 4.69) is 5.10 Å². The summed E-state index contributed by atoms with van der Waals surface area (Å²) in [4.78, 5) is 34.6. The third-order valence-corrected chi connectivity index (χ3v) is 2.04. The molecule has 0 bridgehead atoms. The van der Waals surface area contributed by atoms with E-state index in [0.717, 1.165) is 4.90 Å². The number of carbonyl (C=O) groups excluding carboxylic acids is 3. The fraction of sp³-hybridized carbons (Fsp3) is 0.333. The zero-order valence-electron chi connectivity index (χ0n) is 9.79. The van der Waals surface area contributed by atoms with Crippen LogP contribution in [-0.2, 0) is 16.6 Å². The minimum Gasteiger partial charge on any atom is -0.396 e. The number of rotatable bonds is 5. The molecule has 0 aromatic carbocycles. The van der Waals surface area contributed by atoms with Crippen molar-refractivity contribution >= 4 is 23.4 Å². The van der Waals surface area contributed by atoms with E-state index < -0.39 is 30.8 Å². The molecular weight excluding hydrogens is 240 g/mol. The second-order valence-electron chi connectivity index (χ2n) is 3.70. The van der Waals surface area contributed by atoms with Gasteiger partial charge in [-0.05, 0) is 0 Å². The Morgan fingerprint density at radius 1 is 1.28 bits per heavy atom. The van der Waals surface area contributed by atoms with Crippen LogP contribution in [0.2, 0.25) is 0 Å². The van der Waals surface area contributed by atoms with E-state index in [-0.39, 0.29) is 11.4 Å². The molecule has 0 radical (unpaired) electrons. The number of primary amides is 2. The normalized spacial score (nSPS) is 10.1. The van der Waals surface area contributed by atoms with E-state index in [1.54, 1.807) is 7.05 Å². The maximum Gasteiger partial charge on any atom is 0.277 e. The average molecular weight is 254 g/mol. The SMILES string of the molecule is Cn1cc(N)c(C(=O)N(CC(N)=O)CC(N)=O)n1. The molecule has 6 N–H and O–H groups in total. The first kappa shape index (κ1) is 13.5. The highest BCUT2D eigenvalue weighted by Gasteiger charge is 2.23. The summed E-state index contributed by atoms with van der Waals surface area (Å²) in [5.41, 5.74) is 15.6. The Hall–Kier alpha value is -2.58. The molecule has 0 saturated heterocycles. The van der Waals surface area contributed by atoms with Crippen LogP contribution < -0.4 is 17.2 Å². The molecule has 9 heteroatoms. The molecule has 0 aliphatic heterocycles. The van der Waals surface area contributed by atoms with Gasteiger partial charge in [-0.1, -0.05) is 0 Å². The molecular formula is C9H14N6O3. The van der Waals surface area contributed by atoms with Gasteiger partial charge in [0.25, 0.3) is 5.91 Å². The largest absolute Gasteiger partial charge is 0.396 e. The number of hydrogen-bond acceptors (Lipinski definition) is 5. The van der Waals surface area contributed by atoms with Gasteiger partial charge >= 0.3 is 0 Å². The molecule has 1 aromatic rings. The summed E-state index contributed by atoms with van der Waals surface area (Å²) in [5.74, 6) is -2.20. The zero-order chi connectivity index (χ0) is 13.9. The Kier molecular flexibility index (Phi) is 3.87. The molecule has 0 spiro atoms. The molecule has 0 fully saturated rings. The highest BCUT2D eigenvalue weighted by atomic mass is 16.2. The average Bonchev–Trinajstić information content (AvgIpc) is 2.54. The van der Waals surface area contributed by atoms with E-state index in [0.29, 0.717) is 0 Å². The van der Waals surface area contributed by atoms with Crippen molar-refractivity contribution in [3.63, 3.8) is 0 Å². The van der Waals surface area contributed by atoms with Gasteiger partial charge in [-0.15, -0.1) is 0 Å². The molecule has 0 aliphatic carbocycles. The van der Waals surface area contributed by atoms with Gasteiger partial charge < -0.3 is 22.1 Å². The van der Waals surface area contributed by atoms with Crippen molar-refractivity contribution in [1.29, 1.82) is 0 Å². The van der Waals surface area contributed by atoms with Crippen molar-refractivity contribution in [2.24, 2.45) is 18.5 Å². The van der Waals surface area contributed by atoms with Gasteiger partial charge in [0.1, 0.15) is 13.1 Å². The van der Waals surface area contributed by atoms with E-state index in [4.69, 9.17) is 17.2 Å². The van der Waals surface area contributed by atoms with Crippen LogP contribution in [0.5, 0.6) is 0 Å². The number of aromatic nitrogens is 2. The number of hydrogen-bond donors (Lipinski definition) is 3. The van der Waals surface area contributed by atoms with Crippen LogP contribution in [-0.4, -0.2) is 45.5 Å². The topological polar surface area (TPSA) is 150 Å². The lowest BCUT2D eigenvalue weighted by Crippen LogP contribution is -2.43. The number of anilines is 1. The predicted molar refractivity (Wildman–Crippen MR) is 61.9 cm³/mol. The number of nitrogen functional groups attached to an aromatic ring is 1. The van der Waals surface area contributed by atoms with Crippen LogP contribution in [0.4, 0.5) is 5.69 Å².